The van der Waals surface area contributed by atoms with Gasteiger partial charge in [-0.05, 0) is 37.3 Å². The molecule has 1 fully saturated rings. The van der Waals surface area contributed by atoms with Gasteiger partial charge >= 0.3 is 0 Å². The summed E-state index contributed by atoms with van der Waals surface area (Å²) in [4.78, 5) is 18.1. The number of hydrogen-bond donors (Lipinski definition) is 0. The van der Waals surface area contributed by atoms with Crippen molar-refractivity contribution in [3.05, 3.63) is 65.5 Å². The van der Waals surface area contributed by atoms with Crippen molar-refractivity contribution in [2.24, 2.45) is 0 Å². The van der Waals surface area contributed by atoms with E-state index < -0.39 is 0 Å². The van der Waals surface area contributed by atoms with Crippen molar-refractivity contribution >= 4 is 49.3 Å². The molecule has 6 rings (SSSR count). The molecule has 0 unspecified atom stereocenters. The number of thioether (sulfide) groups is 1. The number of pyridine rings is 1. The molecule has 1 atom stereocenters. The van der Waals surface area contributed by atoms with Gasteiger partial charge in [0.2, 0.25) is 0 Å². The second-order valence-electron chi connectivity index (χ2n) is 10.7. The molecule has 1 saturated heterocycles. The largest absolute Gasteiger partial charge is 0.378 e. The molecule has 0 saturated carbocycles. The molecule has 0 amide bonds. The Balaban J connectivity index is 1.29. The van der Waals surface area contributed by atoms with Gasteiger partial charge < -0.3 is 14.4 Å². The topological polar surface area (TPSA) is 60.4 Å². The first-order valence-electron chi connectivity index (χ1n) is 13.4. The second kappa shape index (κ2) is 10.9. The van der Waals surface area contributed by atoms with E-state index in [9.17, 15) is 0 Å². The van der Waals surface area contributed by atoms with E-state index in [2.05, 4.69) is 73.1 Å². The number of thiophene rings is 1. The van der Waals surface area contributed by atoms with Crippen LogP contribution in [0.15, 0.2) is 53.8 Å². The molecule has 2 aliphatic rings. The van der Waals surface area contributed by atoms with Crippen LogP contribution in [-0.2, 0) is 22.5 Å². The number of fused-ring (bicyclic) bond motifs is 5. The third kappa shape index (κ3) is 5.19. The molecule has 0 aliphatic carbocycles. The van der Waals surface area contributed by atoms with Crippen LogP contribution >= 0.6 is 23.1 Å². The second-order valence-corrected chi connectivity index (χ2v) is 12.7. The van der Waals surface area contributed by atoms with Crippen LogP contribution in [-0.4, -0.2) is 52.6 Å². The van der Waals surface area contributed by atoms with E-state index in [0.717, 1.165) is 70.8 Å². The summed E-state index contributed by atoms with van der Waals surface area (Å²) in [6.45, 7) is 10.4. The highest BCUT2D eigenvalue weighted by Gasteiger charge is 2.33. The molecule has 2 aliphatic heterocycles. The zero-order valence-electron chi connectivity index (χ0n) is 22.3. The van der Waals surface area contributed by atoms with E-state index in [1.807, 2.05) is 0 Å². The van der Waals surface area contributed by atoms with Crippen molar-refractivity contribution in [1.82, 2.24) is 15.0 Å². The lowest BCUT2D eigenvalue weighted by molar-refractivity contribution is -0.0396. The van der Waals surface area contributed by atoms with E-state index in [-0.39, 0.29) is 5.60 Å². The number of allylic oxidation sites excluding steroid dienone is 1. The van der Waals surface area contributed by atoms with Crippen molar-refractivity contribution in [1.29, 1.82) is 0 Å². The highest BCUT2D eigenvalue weighted by atomic mass is 32.2. The Labute approximate surface area is 232 Å². The minimum atomic E-state index is -0.218. The Morgan fingerprint density at radius 3 is 2.74 bits per heavy atom. The van der Waals surface area contributed by atoms with Crippen LogP contribution in [0.5, 0.6) is 0 Å². The number of aromatic nitrogens is 3. The van der Waals surface area contributed by atoms with Gasteiger partial charge in [-0.3, -0.25) is 0 Å². The molecule has 8 heteroatoms. The van der Waals surface area contributed by atoms with Crippen LogP contribution in [0.1, 0.15) is 49.8 Å². The zero-order chi connectivity index (χ0) is 26.1. The molecule has 4 aromatic rings. The van der Waals surface area contributed by atoms with Crippen LogP contribution in [0.4, 0.5) is 5.82 Å². The summed E-state index contributed by atoms with van der Waals surface area (Å²) in [7, 11) is 0. The molecule has 0 spiro atoms. The fraction of sp³-hybridized carbons (Fsp3) is 0.433. The van der Waals surface area contributed by atoms with Crippen molar-refractivity contribution in [3.8, 4) is 0 Å². The number of hydrogen-bond acceptors (Lipinski definition) is 8. The molecule has 1 aromatic carbocycles. The number of benzene rings is 1. The standard InChI is InChI=1S/C30H34N4O2S2/c1-20(21-10-5-4-6-11-21)9-7-8-16-37-29-26-25(31-19-32-29)24-22-17-30(2,3)36-18-23(22)27(33-28(24)38-26)34-12-14-35-15-13-34/h4-8,10-11,19-20H,9,12-18H2,1-3H3/b8-7+/t20-/m0/s1. The number of nitrogens with zero attached hydrogens (tertiary/aromatic N) is 4. The van der Waals surface area contributed by atoms with Crippen molar-refractivity contribution in [2.75, 3.05) is 37.0 Å². The highest BCUT2D eigenvalue weighted by molar-refractivity contribution is 7.99. The molecule has 198 valence electrons. The molecule has 38 heavy (non-hydrogen) atoms. The van der Waals surface area contributed by atoms with Gasteiger partial charge in [0.15, 0.2) is 0 Å². The predicted octanol–water partition coefficient (Wildman–Crippen LogP) is 6.77. The SMILES string of the molecule is C[C@@H](C/C=C/CSc1ncnc2c1sc1nc(N3CCOCC3)c3c(c12)CC(C)(C)OC3)c1ccccc1. The number of anilines is 1. The summed E-state index contributed by atoms with van der Waals surface area (Å²) in [6.07, 6.45) is 8.15. The molecular weight excluding hydrogens is 512 g/mol. The first-order chi connectivity index (χ1) is 18.5. The van der Waals surface area contributed by atoms with Crippen molar-refractivity contribution in [3.63, 3.8) is 0 Å². The molecule has 0 radical (unpaired) electrons. The van der Waals surface area contributed by atoms with Crippen molar-refractivity contribution < 1.29 is 9.47 Å². The quantitative estimate of drug-likeness (QED) is 0.144. The van der Waals surface area contributed by atoms with Crippen LogP contribution in [0.3, 0.4) is 0 Å². The third-order valence-corrected chi connectivity index (χ3v) is 9.58. The van der Waals surface area contributed by atoms with Gasteiger partial charge in [-0.1, -0.05) is 49.4 Å². The van der Waals surface area contributed by atoms with Gasteiger partial charge in [-0.2, -0.15) is 0 Å². The molecule has 0 N–H and O–H groups in total. The lowest BCUT2D eigenvalue weighted by atomic mass is 9.90. The summed E-state index contributed by atoms with van der Waals surface area (Å²) in [5.74, 6) is 2.44. The normalized spacial score (nSPS) is 18.3. The Hall–Kier alpha value is -2.52. The Kier molecular flexibility index (Phi) is 7.40. The Bertz CT molecular complexity index is 1460. The van der Waals surface area contributed by atoms with Crippen LogP contribution in [0, 0.1) is 0 Å². The van der Waals surface area contributed by atoms with Gasteiger partial charge in [0.25, 0.3) is 0 Å². The summed E-state index contributed by atoms with van der Waals surface area (Å²) < 4.78 is 13.0. The Morgan fingerprint density at radius 1 is 1.11 bits per heavy atom. The smallest absolute Gasteiger partial charge is 0.136 e. The third-order valence-electron chi connectivity index (χ3n) is 7.43. The van der Waals surface area contributed by atoms with Gasteiger partial charge in [0, 0.05) is 36.2 Å². The van der Waals surface area contributed by atoms with Gasteiger partial charge in [-0.25, -0.2) is 15.0 Å². The number of ether oxygens (including phenoxy) is 2. The van der Waals surface area contributed by atoms with Crippen molar-refractivity contribution in [2.45, 2.75) is 56.8 Å². The maximum Gasteiger partial charge on any atom is 0.136 e. The lowest BCUT2D eigenvalue weighted by Gasteiger charge is -2.36. The van der Waals surface area contributed by atoms with E-state index in [1.165, 1.54) is 22.1 Å². The van der Waals surface area contributed by atoms with Gasteiger partial charge in [0.05, 0.1) is 35.6 Å². The summed E-state index contributed by atoms with van der Waals surface area (Å²) in [5.41, 5.74) is 4.74. The maximum atomic E-state index is 6.27. The summed E-state index contributed by atoms with van der Waals surface area (Å²) >= 11 is 3.50. The molecular formula is C30H34N4O2S2. The molecule has 5 heterocycles. The van der Waals surface area contributed by atoms with Crippen LogP contribution in [0.2, 0.25) is 0 Å². The monoisotopic (exact) mass is 546 g/mol. The fourth-order valence-corrected chi connectivity index (χ4v) is 7.40. The van der Waals surface area contributed by atoms with E-state index >= 15 is 0 Å². The van der Waals surface area contributed by atoms with E-state index in [0.29, 0.717) is 12.5 Å². The molecule has 3 aromatic heterocycles. The van der Waals surface area contributed by atoms with Gasteiger partial charge in [0.1, 0.15) is 22.0 Å². The summed E-state index contributed by atoms with van der Waals surface area (Å²) in [6, 6.07) is 10.7. The first kappa shape index (κ1) is 25.7. The lowest BCUT2D eigenvalue weighted by Crippen LogP contribution is -2.39. The van der Waals surface area contributed by atoms with E-state index in [1.54, 1.807) is 29.4 Å². The summed E-state index contributed by atoms with van der Waals surface area (Å²) in [5, 5.41) is 2.22. The predicted molar refractivity (Wildman–Crippen MR) is 158 cm³/mol. The zero-order valence-corrected chi connectivity index (χ0v) is 23.9. The maximum absolute atomic E-state index is 6.27. The van der Waals surface area contributed by atoms with E-state index in [4.69, 9.17) is 19.4 Å². The molecule has 0 bridgehead atoms. The fourth-order valence-electron chi connectivity index (χ4n) is 5.32. The Morgan fingerprint density at radius 2 is 1.92 bits per heavy atom. The van der Waals surface area contributed by atoms with Crippen LogP contribution in [0.25, 0.3) is 20.4 Å². The first-order valence-corrected chi connectivity index (χ1v) is 15.2. The number of rotatable bonds is 7. The average molecular weight is 547 g/mol. The minimum Gasteiger partial charge on any atom is -0.378 e. The van der Waals surface area contributed by atoms with Crippen LogP contribution < -0.4 is 4.90 Å². The number of morpholine rings is 1. The average Bonchev–Trinajstić information content (AvgIpc) is 3.32. The van der Waals surface area contributed by atoms with Gasteiger partial charge in [-0.15, -0.1) is 23.1 Å². The molecule has 6 nitrogen and oxygen atoms in total. The minimum absolute atomic E-state index is 0.218. The highest BCUT2D eigenvalue weighted by Crippen LogP contribution is 2.44.